The number of carbonyl (C=O) groups is 1. The van der Waals surface area contributed by atoms with Gasteiger partial charge in [0.15, 0.2) is 21.2 Å². The Labute approximate surface area is 92.8 Å². The molecule has 0 aromatic heterocycles. The molecule has 0 saturated carbocycles. The van der Waals surface area contributed by atoms with Gasteiger partial charge in [0.05, 0.1) is 0 Å². The summed E-state index contributed by atoms with van der Waals surface area (Å²) in [5, 5.41) is 39.7. The predicted molar refractivity (Wildman–Crippen MR) is 49.7 cm³/mol. The number of nitrogens with zero attached hydrogens (tertiary/aromatic N) is 3. The van der Waals surface area contributed by atoms with Gasteiger partial charge in [-0.15, -0.1) is 0 Å². The fourth-order valence-electron chi connectivity index (χ4n) is 0.801. The molecule has 0 heterocycles. The van der Waals surface area contributed by atoms with Crippen molar-refractivity contribution >= 4 is 5.97 Å². The van der Waals surface area contributed by atoms with Crippen molar-refractivity contribution in [2.24, 2.45) is 0 Å². The second-order valence-electron chi connectivity index (χ2n) is 2.94. The summed E-state index contributed by atoms with van der Waals surface area (Å²) >= 11 is 0. The number of carboxylic acid groups (broad SMARTS) is 1. The van der Waals surface area contributed by atoms with Crippen LogP contribution in [-0.4, -0.2) is 31.6 Å². The molecule has 17 heavy (non-hydrogen) atoms. The van der Waals surface area contributed by atoms with Crippen LogP contribution in [0.15, 0.2) is 11.6 Å². The van der Waals surface area contributed by atoms with Crippen molar-refractivity contribution in [1.82, 2.24) is 0 Å². The molecule has 0 aliphatic rings. The second kappa shape index (κ2) is 4.96. The quantitative estimate of drug-likeness (QED) is 0.294. The van der Waals surface area contributed by atoms with Crippen molar-refractivity contribution in [2.75, 3.05) is 0 Å². The average Bonchev–Trinajstić information content (AvgIpc) is 2.16. The van der Waals surface area contributed by atoms with Gasteiger partial charge in [-0.2, -0.15) is 0 Å². The van der Waals surface area contributed by atoms with E-state index in [9.17, 15) is 35.1 Å². The van der Waals surface area contributed by atoms with Gasteiger partial charge >= 0.3 is 11.8 Å². The van der Waals surface area contributed by atoms with Gasteiger partial charge in [0.25, 0.3) is 0 Å². The van der Waals surface area contributed by atoms with Gasteiger partial charge in [0, 0.05) is 5.57 Å². The summed E-state index contributed by atoms with van der Waals surface area (Å²) < 4.78 is 0. The molecular formula is C6H7N3O8. The maximum atomic E-state index is 10.4. The van der Waals surface area contributed by atoms with Gasteiger partial charge in [-0.1, -0.05) is 6.08 Å². The van der Waals surface area contributed by atoms with Crippen LogP contribution in [0.25, 0.3) is 0 Å². The largest absolute Gasteiger partial charge is 0.703 e. The van der Waals surface area contributed by atoms with E-state index in [0.29, 0.717) is 6.08 Å². The van der Waals surface area contributed by atoms with Gasteiger partial charge in [-0.05, 0) is 6.92 Å². The molecule has 0 unspecified atom stereocenters. The Balaban J connectivity index is 5.44. The van der Waals surface area contributed by atoms with E-state index in [1.165, 1.54) is 0 Å². The molecule has 0 fully saturated rings. The Kier molecular flexibility index (Phi) is 4.20. The first-order valence-electron chi connectivity index (χ1n) is 3.99. The number of hydrogen-bond donors (Lipinski definition) is 1. The fourth-order valence-corrected chi connectivity index (χ4v) is 0.801. The Morgan fingerprint density at radius 1 is 1.18 bits per heavy atom. The van der Waals surface area contributed by atoms with Gasteiger partial charge in [-0.25, -0.2) is 4.79 Å². The maximum Gasteiger partial charge on any atom is 0.703 e. The lowest BCUT2D eigenvalue weighted by Gasteiger charge is -2.06. The number of aliphatic carboxylic acids is 1. The van der Waals surface area contributed by atoms with Crippen LogP contribution in [0, 0.1) is 30.3 Å². The number of hydrogen-bond acceptors (Lipinski definition) is 7. The third kappa shape index (κ3) is 2.70. The molecule has 0 atom stereocenters. The van der Waals surface area contributed by atoms with Crippen molar-refractivity contribution in [3.8, 4) is 0 Å². The summed E-state index contributed by atoms with van der Waals surface area (Å²) in [5.74, 6) is -5.13. The number of rotatable bonds is 6. The van der Waals surface area contributed by atoms with Crippen LogP contribution in [0.4, 0.5) is 0 Å². The van der Waals surface area contributed by atoms with Crippen molar-refractivity contribution < 1.29 is 24.7 Å². The van der Waals surface area contributed by atoms with E-state index in [0.717, 1.165) is 6.92 Å². The molecule has 0 aliphatic heterocycles. The van der Waals surface area contributed by atoms with E-state index in [-0.39, 0.29) is 0 Å². The van der Waals surface area contributed by atoms with Crippen molar-refractivity contribution in [2.45, 2.75) is 19.1 Å². The van der Waals surface area contributed by atoms with E-state index in [1.54, 1.807) is 0 Å². The fraction of sp³-hybridized carbons (Fsp3) is 0.500. The minimum Gasteiger partial charge on any atom is -0.478 e. The standard InChI is InChI=1S/C6H7N3O8/c1-4(5(10)11)2-3-6(7(12)13,8(14)15)9(16)17/h2H,3H2,1H3,(H,10,11). The van der Waals surface area contributed by atoms with E-state index in [1.807, 2.05) is 0 Å². The second-order valence-corrected chi connectivity index (χ2v) is 2.94. The van der Waals surface area contributed by atoms with Crippen molar-refractivity contribution in [1.29, 1.82) is 0 Å². The van der Waals surface area contributed by atoms with Crippen LogP contribution in [0.5, 0.6) is 0 Å². The van der Waals surface area contributed by atoms with Gasteiger partial charge < -0.3 is 5.11 Å². The Bertz CT molecular complexity index is 377. The van der Waals surface area contributed by atoms with Crippen LogP contribution in [0.1, 0.15) is 13.3 Å². The Morgan fingerprint density at radius 2 is 1.53 bits per heavy atom. The molecule has 0 aromatic rings. The highest BCUT2D eigenvalue weighted by atomic mass is 16.7. The Morgan fingerprint density at radius 3 is 1.76 bits per heavy atom. The molecule has 0 aliphatic carbocycles. The lowest BCUT2D eigenvalue weighted by molar-refractivity contribution is -0.968. The summed E-state index contributed by atoms with van der Waals surface area (Å²) in [6.45, 7) is 1.01. The molecule has 11 heteroatoms. The predicted octanol–water partition coefficient (Wildman–Crippen LogP) is -0.109. The molecule has 0 bridgehead atoms. The first-order valence-corrected chi connectivity index (χ1v) is 3.99. The molecule has 11 nitrogen and oxygen atoms in total. The smallest absolute Gasteiger partial charge is 0.478 e. The third-order valence-corrected chi connectivity index (χ3v) is 1.90. The van der Waals surface area contributed by atoms with Gasteiger partial charge in [-0.3, -0.25) is 30.3 Å². The minimum absolute atomic E-state index is 0.458. The zero-order valence-corrected chi connectivity index (χ0v) is 8.43. The average molecular weight is 249 g/mol. The normalized spacial score (nSPS) is 11.9. The first-order chi connectivity index (χ1) is 7.66. The Hall–Kier alpha value is -2.59. The summed E-state index contributed by atoms with van der Waals surface area (Å²) in [4.78, 5) is 36.6. The van der Waals surface area contributed by atoms with Crippen LogP contribution in [-0.2, 0) is 4.79 Å². The van der Waals surface area contributed by atoms with E-state index in [2.05, 4.69) is 0 Å². The maximum absolute atomic E-state index is 10.4. The highest BCUT2D eigenvalue weighted by Crippen LogP contribution is 2.18. The summed E-state index contributed by atoms with van der Waals surface area (Å²) in [6, 6.07) is 0. The van der Waals surface area contributed by atoms with E-state index < -0.39 is 38.5 Å². The van der Waals surface area contributed by atoms with Gasteiger partial charge in [0.1, 0.15) is 0 Å². The van der Waals surface area contributed by atoms with Crippen LogP contribution in [0.3, 0.4) is 0 Å². The summed E-state index contributed by atoms with van der Waals surface area (Å²) in [7, 11) is 0. The highest BCUT2D eigenvalue weighted by molar-refractivity contribution is 5.85. The first kappa shape index (κ1) is 14.4. The molecule has 1 N–H and O–H groups in total. The zero-order valence-electron chi connectivity index (χ0n) is 8.43. The molecular weight excluding hydrogens is 242 g/mol. The zero-order chi connectivity index (χ0) is 13.8. The topological polar surface area (TPSA) is 167 Å². The minimum atomic E-state index is -3.66. The lowest BCUT2D eigenvalue weighted by atomic mass is 10.2. The molecule has 0 radical (unpaired) electrons. The van der Waals surface area contributed by atoms with E-state index in [4.69, 9.17) is 5.11 Å². The number of carboxylic acids is 1. The SMILES string of the molecule is CC(=CCC([N+](=O)[O-])([N+](=O)[O-])[N+](=O)[O-])C(=O)O. The number of nitro groups is 3. The lowest BCUT2D eigenvalue weighted by Crippen LogP contribution is -2.52. The summed E-state index contributed by atoms with van der Waals surface area (Å²) in [5.41, 5.74) is -0.458. The van der Waals surface area contributed by atoms with Crippen LogP contribution < -0.4 is 0 Å². The van der Waals surface area contributed by atoms with Crippen molar-refractivity contribution in [3.63, 3.8) is 0 Å². The van der Waals surface area contributed by atoms with Crippen molar-refractivity contribution in [3.05, 3.63) is 42.0 Å². The highest BCUT2D eigenvalue weighted by Gasteiger charge is 2.69. The molecule has 0 aromatic carbocycles. The molecule has 94 valence electrons. The van der Waals surface area contributed by atoms with E-state index >= 15 is 0 Å². The van der Waals surface area contributed by atoms with Crippen LogP contribution in [0.2, 0.25) is 0 Å². The molecule has 0 rings (SSSR count). The summed E-state index contributed by atoms with van der Waals surface area (Å²) in [6.07, 6.45) is -0.686. The van der Waals surface area contributed by atoms with Gasteiger partial charge in [0.2, 0.25) is 0 Å². The monoisotopic (exact) mass is 249 g/mol. The molecule has 0 saturated heterocycles. The molecule has 0 amide bonds. The molecule has 0 spiro atoms. The third-order valence-electron chi connectivity index (χ3n) is 1.90. The van der Waals surface area contributed by atoms with Crippen LogP contribution >= 0.6 is 0 Å².